The quantitative estimate of drug-likeness (QED) is 0.405. The topological polar surface area (TPSA) is 104 Å². The molecule has 4 rings (SSSR count). The van der Waals surface area contributed by atoms with Crippen molar-refractivity contribution >= 4 is 39.8 Å². The summed E-state index contributed by atoms with van der Waals surface area (Å²) < 4.78 is 5.75. The van der Waals surface area contributed by atoms with Gasteiger partial charge in [0, 0.05) is 19.3 Å². The highest BCUT2D eigenvalue weighted by atomic mass is 32.1. The van der Waals surface area contributed by atoms with Gasteiger partial charge in [-0.2, -0.15) is 0 Å². The van der Waals surface area contributed by atoms with E-state index < -0.39 is 5.97 Å². The van der Waals surface area contributed by atoms with Crippen LogP contribution >= 0.6 is 11.3 Å². The van der Waals surface area contributed by atoms with Crippen molar-refractivity contribution in [2.24, 2.45) is 0 Å². The minimum atomic E-state index is -0.868. The van der Waals surface area contributed by atoms with Gasteiger partial charge in [0.25, 0.3) is 0 Å². The van der Waals surface area contributed by atoms with E-state index in [0.717, 1.165) is 47.7 Å². The number of thiazole rings is 1. The number of piperidine rings is 1. The van der Waals surface area contributed by atoms with Crippen molar-refractivity contribution in [2.45, 2.75) is 39.2 Å². The van der Waals surface area contributed by atoms with Crippen LogP contribution in [0.2, 0.25) is 0 Å². The van der Waals surface area contributed by atoms with E-state index in [1.165, 1.54) is 17.8 Å². The monoisotopic (exact) mass is 480 g/mol. The fourth-order valence-electron chi connectivity index (χ4n) is 3.86. The summed E-state index contributed by atoms with van der Waals surface area (Å²) in [7, 11) is 0. The molecular weight excluding hydrogens is 452 g/mol. The summed E-state index contributed by atoms with van der Waals surface area (Å²) in [6.07, 6.45) is 5.22. The second kappa shape index (κ2) is 11.0. The van der Waals surface area contributed by atoms with Crippen molar-refractivity contribution < 1.29 is 19.4 Å². The Labute approximate surface area is 202 Å². The van der Waals surface area contributed by atoms with Crippen molar-refractivity contribution in [2.75, 3.05) is 28.6 Å². The summed E-state index contributed by atoms with van der Waals surface area (Å²) in [6, 6.07) is 12.7. The molecule has 3 aromatic rings. The number of carbonyl (C=O) groups is 2. The molecule has 0 atom stereocenters. The van der Waals surface area contributed by atoms with Gasteiger partial charge in [-0.1, -0.05) is 29.5 Å². The number of carboxylic acid groups (broad SMARTS) is 1. The largest absolute Gasteiger partial charge is 0.488 e. The standard InChI is InChI=1S/C25H28N4O4S/c1-17-5-10-21(22(13-17)29-11-3-2-4-12-29)27-24(32)28-25-26-15-20(34-25)16-33-19-8-6-18(7-9-19)14-23(30)31/h5-10,13,15H,2-4,11-12,14,16H2,1H3,(H,30,31)(H2,26,27,28,32). The van der Waals surface area contributed by atoms with Gasteiger partial charge in [-0.05, 0) is 61.6 Å². The normalized spacial score (nSPS) is 13.4. The molecule has 2 heterocycles. The molecule has 9 heteroatoms. The number of carboxylic acids is 1. The summed E-state index contributed by atoms with van der Waals surface area (Å²) in [4.78, 5) is 30.9. The zero-order valence-electron chi connectivity index (χ0n) is 19.0. The van der Waals surface area contributed by atoms with Crippen LogP contribution < -0.4 is 20.3 Å². The summed E-state index contributed by atoms with van der Waals surface area (Å²) in [5.74, 6) is -0.230. The maximum absolute atomic E-state index is 12.7. The zero-order valence-corrected chi connectivity index (χ0v) is 19.9. The van der Waals surface area contributed by atoms with Gasteiger partial charge in [-0.3, -0.25) is 10.1 Å². The van der Waals surface area contributed by atoms with Crippen molar-refractivity contribution in [1.29, 1.82) is 0 Å². The van der Waals surface area contributed by atoms with Crippen LogP contribution in [0, 0.1) is 6.92 Å². The summed E-state index contributed by atoms with van der Waals surface area (Å²) in [6.45, 7) is 4.35. The smallest absolute Gasteiger partial charge is 0.325 e. The van der Waals surface area contributed by atoms with Gasteiger partial charge < -0.3 is 20.1 Å². The maximum atomic E-state index is 12.7. The van der Waals surface area contributed by atoms with E-state index in [1.807, 2.05) is 12.1 Å². The predicted molar refractivity (Wildman–Crippen MR) is 134 cm³/mol. The number of hydrogen-bond acceptors (Lipinski definition) is 6. The molecule has 0 unspecified atom stereocenters. The Balaban J connectivity index is 1.32. The molecule has 2 amide bonds. The molecule has 8 nitrogen and oxygen atoms in total. The van der Waals surface area contributed by atoms with Gasteiger partial charge >= 0.3 is 12.0 Å². The third-order valence-corrected chi connectivity index (χ3v) is 6.42. The molecule has 0 saturated carbocycles. The lowest BCUT2D eigenvalue weighted by molar-refractivity contribution is -0.136. The Morgan fingerprint density at radius 2 is 1.85 bits per heavy atom. The molecule has 1 aliphatic rings. The number of aliphatic carboxylic acids is 1. The molecular formula is C25H28N4O4S. The highest BCUT2D eigenvalue weighted by Gasteiger charge is 2.17. The van der Waals surface area contributed by atoms with E-state index in [-0.39, 0.29) is 12.5 Å². The number of hydrogen-bond donors (Lipinski definition) is 3. The number of anilines is 3. The lowest BCUT2D eigenvalue weighted by Crippen LogP contribution is -2.31. The fourth-order valence-corrected chi connectivity index (χ4v) is 4.58. The molecule has 3 N–H and O–H groups in total. The van der Waals surface area contributed by atoms with Crippen molar-refractivity contribution in [1.82, 2.24) is 4.98 Å². The highest BCUT2D eigenvalue weighted by Crippen LogP contribution is 2.30. The second-order valence-corrected chi connectivity index (χ2v) is 9.40. The first-order chi connectivity index (χ1) is 16.5. The second-order valence-electron chi connectivity index (χ2n) is 8.28. The highest BCUT2D eigenvalue weighted by molar-refractivity contribution is 7.15. The van der Waals surface area contributed by atoms with E-state index in [0.29, 0.717) is 23.1 Å². The number of rotatable bonds is 8. The zero-order chi connectivity index (χ0) is 23.9. The van der Waals surface area contributed by atoms with E-state index >= 15 is 0 Å². The van der Waals surface area contributed by atoms with E-state index in [2.05, 4.69) is 33.5 Å². The van der Waals surface area contributed by atoms with Gasteiger partial charge in [-0.25, -0.2) is 9.78 Å². The van der Waals surface area contributed by atoms with Crippen LogP contribution in [0.4, 0.5) is 21.3 Å². The molecule has 2 aromatic carbocycles. The maximum Gasteiger partial charge on any atom is 0.325 e. The Morgan fingerprint density at radius 3 is 2.59 bits per heavy atom. The molecule has 1 aliphatic heterocycles. The lowest BCUT2D eigenvalue weighted by atomic mass is 10.1. The summed E-state index contributed by atoms with van der Waals surface area (Å²) in [5.41, 5.74) is 3.72. The van der Waals surface area contributed by atoms with Gasteiger partial charge in [0.1, 0.15) is 12.4 Å². The number of carbonyl (C=O) groups excluding carboxylic acids is 1. The summed E-state index contributed by atoms with van der Waals surface area (Å²) in [5, 5.41) is 15.1. The Morgan fingerprint density at radius 1 is 1.09 bits per heavy atom. The van der Waals surface area contributed by atoms with Crippen LogP contribution in [0.25, 0.3) is 0 Å². The first kappa shape index (κ1) is 23.6. The number of benzene rings is 2. The van der Waals surface area contributed by atoms with Crippen LogP contribution in [0.15, 0.2) is 48.7 Å². The van der Waals surface area contributed by atoms with Crippen LogP contribution in [0.5, 0.6) is 5.75 Å². The molecule has 1 fully saturated rings. The van der Waals surface area contributed by atoms with Gasteiger partial charge in [0.05, 0.1) is 22.7 Å². The van der Waals surface area contributed by atoms with Crippen LogP contribution in [0.1, 0.15) is 35.3 Å². The lowest BCUT2D eigenvalue weighted by Gasteiger charge is -2.30. The number of aromatic nitrogens is 1. The fraction of sp³-hybridized carbons (Fsp3) is 0.320. The van der Waals surface area contributed by atoms with E-state index in [4.69, 9.17) is 9.84 Å². The number of aryl methyl sites for hydroxylation is 1. The number of urea groups is 1. The molecule has 0 aliphatic carbocycles. The molecule has 1 saturated heterocycles. The van der Waals surface area contributed by atoms with Gasteiger partial charge in [0.15, 0.2) is 5.13 Å². The summed E-state index contributed by atoms with van der Waals surface area (Å²) >= 11 is 1.34. The first-order valence-electron chi connectivity index (χ1n) is 11.3. The Hall–Kier alpha value is -3.59. The molecule has 0 spiro atoms. The van der Waals surface area contributed by atoms with E-state index in [9.17, 15) is 9.59 Å². The predicted octanol–water partition coefficient (Wildman–Crippen LogP) is 5.29. The number of ether oxygens (including phenoxy) is 1. The third-order valence-electron chi connectivity index (χ3n) is 5.53. The average molecular weight is 481 g/mol. The van der Waals surface area contributed by atoms with Crippen LogP contribution in [-0.2, 0) is 17.8 Å². The number of nitrogens with one attached hydrogen (secondary N) is 2. The number of nitrogens with zero attached hydrogens (tertiary/aromatic N) is 2. The Bertz CT molecular complexity index is 1140. The SMILES string of the molecule is Cc1ccc(NC(=O)Nc2ncc(COc3ccc(CC(=O)O)cc3)s2)c(N2CCCCC2)c1. The first-order valence-corrected chi connectivity index (χ1v) is 12.1. The molecule has 0 bridgehead atoms. The molecule has 178 valence electrons. The number of amides is 2. The molecule has 1 aromatic heterocycles. The molecule has 34 heavy (non-hydrogen) atoms. The van der Waals surface area contributed by atoms with Gasteiger partial charge in [-0.15, -0.1) is 0 Å². The van der Waals surface area contributed by atoms with Crippen molar-refractivity contribution in [3.8, 4) is 5.75 Å². The Kier molecular flexibility index (Phi) is 7.64. The third kappa shape index (κ3) is 6.48. The van der Waals surface area contributed by atoms with Crippen molar-refractivity contribution in [3.05, 3.63) is 64.7 Å². The average Bonchev–Trinajstić information content (AvgIpc) is 3.27. The van der Waals surface area contributed by atoms with Gasteiger partial charge in [0.2, 0.25) is 0 Å². The minimum Gasteiger partial charge on any atom is -0.488 e. The van der Waals surface area contributed by atoms with Crippen LogP contribution in [0.3, 0.4) is 0 Å². The van der Waals surface area contributed by atoms with E-state index in [1.54, 1.807) is 30.5 Å². The minimum absolute atomic E-state index is 0.0195. The molecule has 0 radical (unpaired) electrons. The van der Waals surface area contributed by atoms with Crippen molar-refractivity contribution in [3.63, 3.8) is 0 Å². The van der Waals surface area contributed by atoms with Crippen LogP contribution in [-0.4, -0.2) is 35.2 Å².